The molecular formula is C63H106O12. The summed E-state index contributed by atoms with van der Waals surface area (Å²) in [6, 6.07) is 0. The van der Waals surface area contributed by atoms with Crippen LogP contribution in [0.15, 0.2) is 72.9 Å². The minimum atomic E-state index is -1.92. The molecule has 1 saturated heterocycles. The van der Waals surface area contributed by atoms with Gasteiger partial charge in [-0.2, -0.15) is 0 Å². The van der Waals surface area contributed by atoms with Crippen molar-refractivity contribution in [1.29, 1.82) is 0 Å². The summed E-state index contributed by atoms with van der Waals surface area (Å²) in [5.41, 5.74) is 0. The van der Waals surface area contributed by atoms with Crippen LogP contribution in [-0.2, 0) is 42.9 Å². The Morgan fingerprint density at radius 1 is 0.453 bits per heavy atom. The van der Waals surface area contributed by atoms with E-state index in [0.29, 0.717) is 19.3 Å². The van der Waals surface area contributed by atoms with Crippen LogP contribution >= 0.6 is 0 Å². The molecule has 1 aliphatic heterocycles. The first-order valence-corrected chi connectivity index (χ1v) is 29.9. The highest BCUT2D eigenvalue weighted by atomic mass is 16.7. The monoisotopic (exact) mass is 1050 g/mol. The largest absolute Gasteiger partial charge is 0.479 e. The summed E-state index contributed by atoms with van der Waals surface area (Å²) in [7, 11) is 0. The number of carbonyl (C=O) groups excluding carboxylic acids is 3. The maximum Gasteiger partial charge on any atom is 0.335 e. The van der Waals surface area contributed by atoms with E-state index in [1.807, 2.05) is 0 Å². The number of carbonyl (C=O) groups is 4. The van der Waals surface area contributed by atoms with Gasteiger partial charge in [-0.15, -0.1) is 0 Å². The molecule has 0 spiro atoms. The molecular weight excluding hydrogens is 949 g/mol. The molecule has 6 unspecified atom stereocenters. The van der Waals surface area contributed by atoms with Crippen LogP contribution in [0.5, 0.6) is 0 Å². The number of aliphatic carboxylic acids is 1. The van der Waals surface area contributed by atoms with Crippen molar-refractivity contribution in [2.75, 3.05) is 13.2 Å². The van der Waals surface area contributed by atoms with Gasteiger partial charge in [0.2, 0.25) is 0 Å². The lowest BCUT2D eigenvalue weighted by atomic mass is 9.98. The Hall–Kier alpha value is -3.84. The van der Waals surface area contributed by atoms with Crippen molar-refractivity contribution >= 4 is 23.9 Å². The van der Waals surface area contributed by atoms with E-state index >= 15 is 0 Å². The highest BCUT2D eigenvalue weighted by molar-refractivity contribution is 5.74. The van der Waals surface area contributed by atoms with Crippen molar-refractivity contribution in [2.24, 2.45) is 0 Å². The number of esters is 3. The van der Waals surface area contributed by atoms with Gasteiger partial charge in [-0.3, -0.25) is 14.4 Å². The SMILES string of the molecule is CC/C=C\C/C=C\C/C=C\C/C=C\CCCCCCC(=O)OC1C(OCC(COC(=O)CCCCCCC/C=C\CCCCCCCC)OC(=O)CCCCCCC/C=C\CCCCCC)OC(C(=O)O)C(O)C1O. The summed E-state index contributed by atoms with van der Waals surface area (Å²) in [5, 5.41) is 31.5. The van der Waals surface area contributed by atoms with Gasteiger partial charge in [-0.25, -0.2) is 4.79 Å². The molecule has 1 fully saturated rings. The molecule has 0 aromatic carbocycles. The second kappa shape index (κ2) is 50.9. The van der Waals surface area contributed by atoms with E-state index in [1.165, 1.54) is 64.2 Å². The molecule has 0 amide bonds. The third-order valence-electron chi connectivity index (χ3n) is 13.2. The zero-order chi connectivity index (χ0) is 54.7. The first kappa shape index (κ1) is 69.2. The molecule has 0 aliphatic carbocycles. The average Bonchev–Trinajstić information content (AvgIpc) is 3.39. The lowest BCUT2D eigenvalue weighted by Crippen LogP contribution is -2.61. The third-order valence-corrected chi connectivity index (χ3v) is 13.2. The van der Waals surface area contributed by atoms with E-state index in [9.17, 15) is 34.5 Å². The summed E-state index contributed by atoms with van der Waals surface area (Å²) in [6.45, 7) is 5.84. The van der Waals surface area contributed by atoms with Crippen molar-refractivity contribution in [1.82, 2.24) is 0 Å². The van der Waals surface area contributed by atoms with Crippen LogP contribution in [0.2, 0.25) is 0 Å². The lowest BCUT2D eigenvalue weighted by molar-refractivity contribution is -0.301. The maximum absolute atomic E-state index is 13.1. The maximum atomic E-state index is 13.1. The number of ether oxygens (including phenoxy) is 5. The van der Waals surface area contributed by atoms with Crippen molar-refractivity contribution in [2.45, 2.75) is 289 Å². The minimum Gasteiger partial charge on any atom is -0.479 e. The number of unbranched alkanes of at least 4 members (excludes halogenated alkanes) is 24. The molecule has 3 N–H and O–H groups in total. The van der Waals surface area contributed by atoms with Gasteiger partial charge in [0.15, 0.2) is 24.6 Å². The number of aliphatic hydroxyl groups excluding tert-OH is 2. The predicted octanol–water partition coefficient (Wildman–Crippen LogP) is 15.3. The van der Waals surface area contributed by atoms with E-state index in [0.717, 1.165) is 128 Å². The van der Waals surface area contributed by atoms with Crippen LogP contribution in [-0.4, -0.2) is 89.2 Å². The van der Waals surface area contributed by atoms with E-state index in [1.54, 1.807) is 0 Å². The summed E-state index contributed by atoms with van der Waals surface area (Å²) >= 11 is 0. The van der Waals surface area contributed by atoms with Gasteiger partial charge in [-0.05, 0) is 109 Å². The van der Waals surface area contributed by atoms with Crippen molar-refractivity contribution in [3.05, 3.63) is 72.9 Å². The van der Waals surface area contributed by atoms with Crippen LogP contribution < -0.4 is 0 Å². The molecule has 0 radical (unpaired) electrons. The van der Waals surface area contributed by atoms with Crippen LogP contribution in [0.1, 0.15) is 252 Å². The Morgan fingerprint density at radius 2 is 0.840 bits per heavy atom. The Bertz CT molecular complexity index is 1580. The van der Waals surface area contributed by atoms with Crippen molar-refractivity contribution < 1.29 is 58.2 Å². The van der Waals surface area contributed by atoms with Gasteiger partial charge < -0.3 is 39.0 Å². The van der Waals surface area contributed by atoms with Crippen LogP contribution in [0, 0.1) is 0 Å². The van der Waals surface area contributed by atoms with Gasteiger partial charge in [0, 0.05) is 19.3 Å². The summed E-state index contributed by atoms with van der Waals surface area (Å²) < 4.78 is 28.4. The third kappa shape index (κ3) is 41.0. The fraction of sp³-hybridized carbons (Fsp3) is 0.746. The van der Waals surface area contributed by atoms with Crippen molar-refractivity contribution in [3.8, 4) is 0 Å². The number of hydrogen-bond acceptors (Lipinski definition) is 11. The first-order chi connectivity index (χ1) is 36.6. The Labute approximate surface area is 455 Å². The molecule has 12 heteroatoms. The number of hydrogen-bond donors (Lipinski definition) is 3. The van der Waals surface area contributed by atoms with Gasteiger partial charge in [0.25, 0.3) is 0 Å². The van der Waals surface area contributed by atoms with Gasteiger partial charge in [0.1, 0.15) is 18.8 Å². The fourth-order valence-electron chi connectivity index (χ4n) is 8.64. The highest BCUT2D eigenvalue weighted by Gasteiger charge is 2.50. The average molecular weight is 1060 g/mol. The Morgan fingerprint density at radius 3 is 1.31 bits per heavy atom. The summed E-state index contributed by atoms with van der Waals surface area (Å²) in [6.07, 6.45) is 51.5. The number of rotatable bonds is 50. The molecule has 430 valence electrons. The van der Waals surface area contributed by atoms with Gasteiger partial charge in [0.05, 0.1) is 6.61 Å². The molecule has 0 saturated carbocycles. The number of aliphatic hydroxyl groups is 2. The number of carboxylic acid groups (broad SMARTS) is 1. The van der Waals surface area contributed by atoms with E-state index in [2.05, 4.69) is 93.7 Å². The number of allylic oxidation sites excluding steroid dienone is 12. The quantitative estimate of drug-likeness (QED) is 0.0228. The normalized spacial score (nSPS) is 18.7. The highest BCUT2D eigenvalue weighted by Crippen LogP contribution is 2.26. The molecule has 1 heterocycles. The minimum absolute atomic E-state index is 0.0293. The molecule has 12 nitrogen and oxygen atoms in total. The molecule has 1 rings (SSSR count). The van der Waals surface area contributed by atoms with Crippen LogP contribution in [0.4, 0.5) is 0 Å². The Kier molecular flexibility index (Phi) is 47.0. The molecule has 6 atom stereocenters. The standard InChI is InChI=1S/C63H106O12/c1-4-7-10-13-16-19-22-25-27-28-30-33-36-39-42-45-48-51-57(66)74-61-59(68)58(67)60(62(69)70)75-63(61)72-53-54(73-56(65)50-47-44-41-38-35-31-24-21-18-15-12-9-6-3)52-71-55(64)49-46-43-40-37-34-32-29-26-23-20-17-14-11-8-5-2/h7,10,16,19,21,24-27,29-30,33,54,58-61,63,67-68H,4-6,8-9,11-15,17-18,20,22-23,28,31-32,34-53H2,1-3H3,(H,69,70)/b10-7-,19-16-,24-21-,27-25-,29-26-,33-30-. The van der Waals surface area contributed by atoms with E-state index in [4.69, 9.17) is 23.7 Å². The molecule has 75 heavy (non-hydrogen) atoms. The topological polar surface area (TPSA) is 175 Å². The number of carboxylic acids is 1. The van der Waals surface area contributed by atoms with Gasteiger partial charge >= 0.3 is 23.9 Å². The zero-order valence-electron chi connectivity index (χ0n) is 47.3. The lowest BCUT2D eigenvalue weighted by Gasteiger charge is -2.40. The second-order valence-electron chi connectivity index (χ2n) is 20.2. The van der Waals surface area contributed by atoms with Gasteiger partial charge in [-0.1, -0.05) is 196 Å². The van der Waals surface area contributed by atoms with Crippen molar-refractivity contribution in [3.63, 3.8) is 0 Å². The first-order valence-electron chi connectivity index (χ1n) is 29.9. The molecule has 0 aromatic rings. The molecule has 0 aromatic heterocycles. The summed E-state index contributed by atoms with van der Waals surface area (Å²) in [4.78, 5) is 51.1. The van der Waals surface area contributed by atoms with Crippen LogP contribution in [0.3, 0.4) is 0 Å². The fourth-order valence-corrected chi connectivity index (χ4v) is 8.64. The summed E-state index contributed by atoms with van der Waals surface area (Å²) in [5.74, 6) is -3.17. The molecule has 1 aliphatic rings. The molecule has 0 bridgehead atoms. The smallest absolute Gasteiger partial charge is 0.335 e. The van der Waals surface area contributed by atoms with Crippen LogP contribution in [0.25, 0.3) is 0 Å². The zero-order valence-corrected chi connectivity index (χ0v) is 47.3. The second-order valence-corrected chi connectivity index (χ2v) is 20.2. The van der Waals surface area contributed by atoms with E-state index in [-0.39, 0.29) is 25.9 Å². The predicted molar refractivity (Wildman–Crippen MR) is 303 cm³/mol. The van der Waals surface area contributed by atoms with E-state index < -0.39 is 67.3 Å². The Balaban J connectivity index is 2.71.